The molecule has 124 valence electrons. The van der Waals surface area contributed by atoms with E-state index in [1.54, 1.807) is 24.3 Å². The lowest BCUT2D eigenvalue weighted by atomic mass is 10.0. The van der Waals surface area contributed by atoms with Crippen LogP contribution in [0, 0.1) is 0 Å². The van der Waals surface area contributed by atoms with Crippen LogP contribution in [-0.4, -0.2) is 32.1 Å². The number of nitrogens with one attached hydrogen (secondary N) is 1. The molecule has 0 atom stereocenters. The second kappa shape index (κ2) is 7.17. The summed E-state index contributed by atoms with van der Waals surface area (Å²) in [5.74, 6) is -0.332. The Hall–Kier alpha value is -2.82. The molecule has 3 rings (SSSR count). The largest absolute Gasteiger partial charge is 0.465 e. The average molecular weight is 324 g/mol. The number of hydrogen-bond acceptors (Lipinski definition) is 4. The third kappa shape index (κ3) is 3.40. The number of fused-ring (bicyclic) bond motifs is 1. The van der Waals surface area contributed by atoms with E-state index in [2.05, 4.69) is 16.1 Å². The molecule has 1 aliphatic rings. The molecule has 0 spiro atoms. The number of anilines is 2. The number of carbonyl (C=O) groups excluding carboxylic acids is 2. The third-order valence-corrected chi connectivity index (χ3v) is 4.16. The Morgan fingerprint density at radius 3 is 2.62 bits per heavy atom. The van der Waals surface area contributed by atoms with Crippen LogP contribution in [0.15, 0.2) is 48.5 Å². The molecule has 0 aliphatic carbocycles. The van der Waals surface area contributed by atoms with E-state index in [1.165, 1.54) is 12.7 Å². The van der Waals surface area contributed by atoms with Gasteiger partial charge in [-0.3, -0.25) is 4.79 Å². The molecular weight excluding hydrogens is 304 g/mol. The van der Waals surface area contributed by atoms with Crippen LogP contribution in [0.3, 0.4) is 0 Å². The summed E-state index contributed by atoms with van der Waals surface area (Å²) in [7, 11) is 1.35. The summed E-state index contributed by atoms with van der Waals surface area (Å²) in [6.45, 7) is 0.963. The Morgan fingerprint density at radius 2 is 1.88 bits per heavy atom. The lowest BCUT2D eigenvalue weighted by molar-refractivity contribution is -0.117. The van der Waals surface area contributed by atoms with E-state index in [0.29, 0.717) is 5.56 Å². The maximum atomic E-state index is 12.5. The number of nitrogens with zero attached hydrogens (tertiary/aromatic N) is 1. The van der Waals surface area contributed by atoms with E-state index < -0.39 is 0 Å². The first-order valence-electron chi connectivity index (χ1n) is 7.99. The van der Waals surface area contributed by atoms with Crippen LogP contribution >= 0.6 is 0 Å². The number of para-hydroxylation sites is 1. The van der Waals surface area contributed by atoms with Gasteiger partial charge in [0, 0.05) is 17.9 Å². The molecule has 0 fully saturated rings. The van der Waals surface area contributed by atoms with Crippen molar-refractivity contribution in [1.29, 1.82) is 0 Å². The third-order valence-electron chi connectivity index (χ3n) is 4.16. The molecule has 0 unspecified atom stereocenters. The van der Waals surface area contributed by atoms with Crippen LogP contribution < -0.4 is 10.2 Å². The number of benzene rings is 2. The van der Waals surface area contributed by atoms with Gasteiger partial charge in [-0.2, -0.15) is 0 Å². The second-order valence-electron chi connectivity index (χ2n) is 5.70. The van der Waals surface area contributed by atoms with Crippen molar-refractivity contribution in [2.24, 2.45) is 0 Å². The van der Waals surface area contributed by atoms with Crippen molar-refractivity contribution in [2.75, 3.05) is 30.4 Å². The first kappa shape index (κ1) is 16.1. The quantitative estimate of drug-likeness (QED) is 0.879. The molecule has 0 saturated heterocycles. The maximum absolute atomic E-state index is 12.5. The highest BCUT2D eigenvalue weighted by Crippen LogP contribution is 2.26. The molecule has 0 bridgehead atoms. The molecule has 5 nitrogen and oxygen atoms in total. The molecule has 1 N–H and O–H groups in total. The van der Waals surface area contributed by atoms with Gasteiger partial charge >= 0.3 is 5.97 Å². The van der Waals surface area contributed by atoms with Crippen LogP contribution in [-0.2, 0) is 16.0 Å². The number of esters is 1. The summed E-state index contributed by atoms with van der Waals surface area (Å²) in [4.78, 5) is 25.8. The molecule has 0 radical (unpaired) electrons. The van der Waals surface area contributed by atoms with Crippen LogP contribution in [0.1, 0.15) is 22.3 Å². The van der Waals surface area contributed by atoms with E-state index in [-0.39, 0.29) is 18.4 Å². The Balaban J connectivity index is 1.63. The maximum Gasteiger partial charge on any atom is 0.337 e. The van der Waals surface area contributed by atoms with Crippen LogP contribution in [0.25, 0.3) is 0 Å². The van der Waals surface area contributed by atoms with Crippen LogP contribution in [0.2, 0.25) is 0 Å². The van der Waals surface area contributed by atoms with Gasteiger partial charge in [0.2, 0.25) is 5.91 Å². The molecule has 0 saturated carbocycles. The molecule has 1 amide bonds. The SMILES string of the molecule is COC(=O)c1ccc(NCC(=O)N2CCCc3ccccc32)cc1. The Morgan fingerprint density at radius 1 is 1.12 bits per heavy atom. The number of methoxy groups -OCH3 is 1. The molecule has 5 heteroatoms. The van der Waals surface area contributed by atoms with Crippen molar-refractivity contribution in [3.05, 3.63) is 59.7 Å². The predicted molar refractivity (Wildman–Crippen MR) is 93.4 cm³/mol. The minimum atomic E-state index is -0.373. The smallest absolute Gasteiger partial charge is 0.337 e. The van der Waals surface area contributed by atoms with Gasteiger partial charge in [0.25, 0.3) is 0 Å². The van der Waals surface area contributed by atoms with E-state index >= 15 is 0 Å². The number of aryl methyl sites for hydroxylation is 1. The van der Waals surface area contributed by atoms with Crippen molar-refractivity contribution in [1.82, 2.24) is 0 Å². The summed E-state index contributed by atoms with van der Waals surface area (Å²) in [6.07, 6.45) is 2.00. The molecule has 2 aromatic rings. The topological polar surface area (TPSA) is 58.6 Å². The zero-order valence-corrected chi connectivity index (χ0v) is 13.6. The molecule has 1 aliphatic heterocycles. The summed E-state index contributed by atoms with van der Waals surface area (Å²) in [5.41, 5.74) is 3.51. The zero-order chi connectivity index (χ0) is 16.9. The van der Waals surface area contributed by atoms with Crippen molar-refractivity contribution in [2.45, 2.75) is 12.8 Å². The predicted octanol–water partition coefficient (Wildman–Crippen LogP) is 2.86. The fourth-order valence-electron chi connectivity index (χ4n) is 2.91. The Kier molecular flexibility index (Phi) is 4.79. The average Bonchev–Trinajstić information content (AvgIpc) is 2.65. The Labute approximate surface area is 141 Å². The van der Waals surface area contributed by atoms with E-state index in [4.69, 9.17) is 0 Å². The number of rotatable bonds is 4. The van der Waals surface area contributed by atoms with Crippen molar-refractivity contribution < 1.29 is 14.3 Å². The molecule has 1 heterocycles. The monoisotopic (exact) mass is 324 g/mol. The van der Waals surface area contributed by atoms with Gasteiger partial charge < -0.3 is 15.0 Å². The highest BCUT2D eigenvalue weighted by Gasteiger charge is 2.21. The lowest BCUT2D eigenvalue weighted by Crippen LogP contribution is -2.39. The van der Waals surface area contributed by atoms with Crippen LogP contribution in [0.4, 0.5) is 11.4 Å². The Bertz CT molecular complexity index is 741. The number of hydrogen-bond donors (Lipinski definition) is 1. The van der Waals surface area contributed by atoms with Gasteiger partial charge in [0.15, 0.2) is 0 Å². The number of ether oxygens (including phenoxy) is 1. The summed E-state index contributed by atoms with van der Waals surface area (Å²) in [5, 5.41) is 3.11. The molecule has 24 heavy (non-hydrogen) atoms. The highest BCUT2D eigenvalue weighted by atomic mass is 16.5. The summed E-state index contributed by atoms with van der Waals surface area (Å²) in [6, 6.07) is 14.9. The lowest BCUT2D eigenvalue weighted by Gasteiger charge is -2.29. The number of carbonyl (C=O) groups is 2. The minimum absolute atomic E-state index is 0.0409. The van der Waals surface area contributed by atoms with Gasteiger partial charge in [-0.05, 0) is 48.7 Å². The van der Waals surface area contributed by atoms with Gasteiger partial charge in [-0.1, -0.05) is 18.2 Å². The molecule has 0 aromatic heterocycles. The minimum Gasteiger partial charge on any atom is -0.465 e. The van der Waals surface area contributed by atoms with E-state index in [1.807, 2.05) is 23.1 Å². The van der Waals surface area contributed by atoms with Gasteiger partial charge in [0.1, 0.15) is 0 Å². The van der Waals surface area contributed by atoms with Crippen LogP contribution in [0.5, 0.6) is 0 Å². The first-order chi connectivity index (χ1) is 11.7. The van der Waals surface area contributed by atoms with Gasteiger partial charge in [-0.25, -0.2) is 4.79 Å². The van der Waals surface area contributed by atoms with E-state index in [0.717, 1.165) is 30.8 Å². The zero-order valence-electron chi connectivity index (χ0n) is 13.6. The standard InChI is InChI=1S/C19H20N2O3/c1-24-19(23)15-8-10-16(11-9-15)20-13-18(22)21-12-4-6-14-5-2-3-7-17(14)21/h2-3,5,7-11,20H,4,6,12-13H2,1H3. The van der Waals surface area contributed by atoms with E-state index in [9.17, 15) is 9.59 Å². The van der Waals surface area contributed by atoms with Crippen molar-refractivity contribution in [3.8, 4) is 0 Å². The number of amides is 1. The molecular formula is C19H20N2O3. The fourth-order valence-corrected chi connectivity index (χ4v) is 2.91. The van der Waals surface area contributed by atoms with Crippen molar-refractivity contribution in [3.63, 3.8) is 0 Å². The van der Waals surface area contributed by atoms with Gasteiger partial charge in [-0.15, -0.1) is 0 Å². The fraction of sp³-hybridized carbons (Fsp3) is 0.263. The summed E-state index contributed by atoms with van der Waals surface area (Å²) >= 11 is 0. The van der Waals surface area contributed by atoms with Crippen molar-refractivity contribution >= 4 is 23.3 Å². The highest BCUT2D eigenvalue weighted by molar-refractivity contribution is 5.97. The summed E-state index contributed by atoms with van der Waals surface area (Å²) < 4.78 is 4.67. The normalized spacial score (nSPS) is 13.1. The molecule has 2 aromatic carbocycles. The second-order valence-corrected chi connectivity index (χ2v) is 5.70. The first-order valence-corrected chi connectivity index (χ1v) is 7.99. The van der Waals surface area contributed by atoms with Gasteiger partial charge in [0.05, 0.1) is 19.2 Å².